The first-order valence-electron chi connectivity index (χ1n) is 19.7. The molecule has 0 bridgehead atoms. The molecule has 10 rings (SSSR count). The summed E-state index contributed by atoms with van der Waals surface area (Å²) in [4.78, 5) is 4.90. The molecule has 0 radical (unpaired) electrons. The molecule has 270 valence electrons. The predicted molar refractivity (Wildman–Crippen MR) is 236 cm³/mol. The van der Waals surface area contributed by atoms with E-state index in [4.69, 9.17) is 0 Å². The molecule has 2 nitrogen and oxygen atoms in total. The summed E-state index contributed by atoms with van der Waals surface area (Å²) in [6.07, 6.45) is 0. The maximum Gasteiger partial charge on any atom is 0.0503 e. The second-order valence-corrected chi connectivity index (χ2v) is 16.3. The summed E-state index contributed by atoms with van der Waals surface area (Å²) in [5.41, 5.74) is 19.4. The van der Waals surface area contributed by atoms with Gasteiger partial charge in [-0.1, -0.05) is 149 Å². The Morgan fingerprint density at radius 1 is 0.268 bits per heavy atom. The van der Waals surface area contributed by atoms with Crippen LogP contribution in [-0.2, 0) is 10.8 Å². The quantitative estimate of drug-likeness (QED) is 0.175. The van der Waals surface area contributed by atoms with Gasteiger partial charge in [-0.2, -0.15) is 0 Å². The van der Waals surface area contributed by atoms with Crippen LogP contribution in [0.5, 0.6) is 0 Å². The van der Waals surface area contributed by atoms with Gasteiger partial charge in [-0.3, -0.25) is 0 Å². The van der Waals surface area contributed by atoms with Gasteiger partial charge in [0.05, 0.1) is 22.7 Å². The Balaban J connectivity index is 1.13. The molecule has 0 fully saturated rings. The molecule has 0 atom stereocenters. The molecule has 2 heteroatoms. The molecule has 0 amide bonds. The van der Waals surface area contributed by atoms with Gasteiger partial charge in [0, 0.05) is 22.2 Å². The monoisotopic (exact) mass is 720 g/mol. The molecule has 0 spiro atoms. The van der Waals surface area contributed by atoms with E-state index in [1.54, 1.807) is 0 Å². The van der Waals surface area contributed by atoms with Gasteiger partial charge < -0.3 is 9.80 Å². The largest absolute Gasteiger partial charge is 0.310 e. The van der Waals surface area contributed by atoms with E-state index >= 15 is 0 Å². The molecular formula is C54H44N2. The van der Waals surface area contributed by atoms with E-state index in [0.717, 1.165) is 11.4 Å². The highest BCUT2D eigenvalue weighted by Crippen LogP contribution is 2.56. The third-order valence-corrected chi connectivity index (χ3v) is 12.2. The van der Waals surface area contributed by atoms with E-state index in [1.165, 1.54) is 78.4 Å². The van der Waals surface area contributed by atoms with Crippen molar-refractivity contribution < 1.29 is 0 Å². The van der Waals surface area contributed by atoms with Gasteiger partial charge >= 0.3 is 0 Å². The Bertz CT molecular complexity index is 2540. The third kappa shape index (κ3) is 5.39. The van der Waals surface area contributed by atoms with Crippen molar-refractivity contribution >= 4 is 34.1 Å². The van der Waals surface area contributed by atoms with Crippen LogP contribution in [0.15, 0.2) is 194 Å². The first kappa shape index (κ1) is 33.9. The Morgan fingerprint density at radius 2 is 0.518 bits per heavy atom. The number of hydrogen-bond donors (Lipinski definition) is 0. The van der Waals surface area contributed by atoms with Crippen LogP contribution >= 0.6 is 0 Å². The molecule has 0 aliphatic carbocycles. The fraction of sp³-hybridized carbons (Fsp3) is 0.111. The molecule has 0 unspecified atom stereocenters. The van der Waals surface area contributed by atoms with Crippen molar-refractivity contribution in [1.29, 1.82) is 0 Å². The lowest BCUT2D eigenvalue weighted by Crippen LogP contribution is -2.31. The third-order valence-electron chi connectivity index (χ3n) is 12.2. The molecular weight excluding hydrogens is 677 g/mol. The second-order valence-electron chi connectivity index (χ2n) is 16.3. The average Bonchev–Trinajstić information content (AvgIpc) is 3.25. The number of fused-ring (bicyclic) bond motifs is 4. The van der Waals surface area contributed by atoms with Crippen molar-refractivity contribution in [2.24, 2.45) is 0 Å². The van der Waals surface area contributed by atoms with Crippen LogP contribution in [0.25, 0.3) is 33.4 Å². The Kier molecular flexibility index (Phi) is 7.87. The molecule has 8 aromatic rings. The molecule has 0 N–H and O–H groups in total. The van der Waals surface area contributed by atoms with Gasteiger partial charge in [0.25, 0.3) is 0 Å². The summed E-state index contributed by atoms with van der Waals surface area (Å²) in [7, 11) is 0. The van der Waals surface area contributed by atoms with Gasteiger partial charge in [-0.05, 0) is 128 Å². The molecule has 8 aromatic carbocycles. The Hall–Kier alpha value is -6.64. The van der Waals surface area contributed by atoms with Crippen molar-refractivity contribution in [1.82, 2.24) is 0 Å². The summed E-state index contributed by atoms with van der Waals surface area (Å²) < 4.78 is 0. The number of nitrogens with zero attached hydrogens (tertiary/aromatic N) is 2. The van der Waals surface area contributed by atoms with Crippen LogP contribution in [0.3, 0.4) is 0 Å². The lowest BCUT2D eigenvalue weighted by molar-refractivity contribution is 0.631. The maximum atomic E-state index is 2.46. The molecule has 0 saturated heterocycles. The Morgan fingerprint density at radius 3 is 0.804 bits per heavy atom. The highest BCUT2D eigenvalue weighted by molar-refractivity contribution is 5.91. The molecule has 0 saturated carbocycles. The summed E-state index contributed by atoms with van der Waals surface area (Å²) in [6, 6.07) is 71.3. The van der Waals surface area contributed by atoms with Crippen LogP contribution in [0.2, 0.25) is 0 Å². The van der Waals surface area contributed by atoms with E-state index in [9.17, 15) is 0 Å². The van der Waals surface area contributed by atoms with Crippen LogP contribution in [-0.4, -0.2) is 0 Å². The van der Waals surface area contributed by atoms with Crippen LogP contribution < -0.4 is 9.80 Å². The normalized spacial score (nSPS) is 14.6. The standard InChI is InChI=1S/C54H44N2/c1-53(2)45-33-39(37-17-9-5-10-18-37)25-29-49(45)55(43-21-13-7-14-22-43)51-31-27-41(35-47(51)53)42-28-32-52-48(36-42)54(3,4)46-34-40(38-19-11-6-12-20-38)26-30-50(46)56(52)44-23-15-8-16-24-44/h5-36H,1-4H3. The number of rotatable bonds is 5. The van der Waals surface area contributed by atoms with Crippen LogP contribution in [0.4, 0.5) is 34.1 Å². The smallest absolute Gasteiger partial charge is 0.0503 e. The van der Waals surface area contributed by atoms with Crippen molar-refractivity contribution in [3.05, 3.63) is 216 Å². The van der Waals surface area contributed by atoms with E-state index in [0.29, 0.717) is 0 Å². The van der Waals surface area contributed by atoms with Crippen LogP contribution in [0.1, 0.15) is 49.9 Å². The van der Waals surface area contributed by atoms with Crippen molar-refractivity contribution in [3.63, 3.8) is 0 Å². The molecule has 0 aromatic heterocycles. The van der Waals surface area contributed by atoms with Gasteiger partial charge in [0.2, 0.25) is 0 Å². The van der Waals surface area contributed by atoms with E-state index in [1.807, 2.05) is 0 Å². The zero-order valence-corrected chi connectivity index (χ0v) is 32.4. The van der Waals surface area contributed by atoms with Crippen molar-refractivity contribution in [2.45, 2.75) is 38.5 Å². The molecule has 2 aliphatic rings. The zero-order valence-electron chi connectivity index (χ0n) is 32.4. The fourth-order valence-electron chi connectivity index (χ4n) is 9.17. The maximum absolute atomic E-state index is 2.46. The average molecular weight is 721 g/mol. The van der Waals surface area contributed by atoms with E-state index in [2.05, 4.69) is 232 Å². The minimum atomic E-state index is -0.249. The van der Waals surface area contributed by atoms with Gasteiger partial charge in [-0.25, -0.2) is 0 Å². The minimum absolute atomic E-state index is 0.249. The number of anilines is 6. The molecule has 2 aliphatic heterocycles. The van der Waals surface area contributed by atoms with Crippen molar-refractivity contribution in [2.75, 3.05) is 9.80 Å². The number of para-hydroxylation sites is 2. The zero-order chi connectivity index (χ0) is 38.0. The molecule has 56 heavy (non-hydrogen) atoms. The second kappa shape index (κ2) is 13.0. The highest BCUT2D eigenvalue weighted by atomic mass is 15.2. The lowest BCUT2D eigenvalue weighted by atomic mass is 9.71. The van der Waals surface area contributed by atoms with E-state index in [-0.39, 0.29) is 10.8 Å². The number of hydrogen-bond acceptors (Lipinski definition) is 2. The number of benzene rings is 8. The van der Waals surface area contributed by atoms with Gasteiger partial charge in [0.15, 0.2) is 0 Å². The Labute approximate surface area is 331 Å². The summed E-state index contributed by atoms with van der Waals surface area (Å²) in [5.74, 6) is 0. The summed E-state index contributed by atoms with van der Waals surface area (Å²) in [6.45, 7) is 9.56. The summed E-state index contributed by atoms with van der Waals surface area (Å²) >= 11 is 0. The first-order chi connectivity index (χ1) is 27.3. The van der Waals surface area contributed by atoms with Gasteiger partial charge in [0.1, 0.15) is 0 Å². The molecule has 2 heterocycles. The highest BCUT2D eigenvalue weighted by Gasteiger charge is 2.39. The van der Waals surface area contributed by atoms with Crippen LogP contribution in [0, 0.1) is 0 Å². The first-order valence-corrected chi connectivity index (χ1v) is 19.7. The van der Waals surface area contributed by atoms with E-state index < -0.39 is 0 Å². The summed E-state index contributed by atoms with van der Waals surface area (Å²) in [5, 5.41) is 0. The topological polar surface area (TPSA) is 6.48 Å². The lowest BCUT2D eigenvalue weighted by Gasteiger charge is -2.43. The van der Waals surface area contributed by atoms with Gasteiger partial charge in [-0.15, -0.1) is 0 Å². The predicted octanol–water partition coefficient (Wildman–Crippen LogP) is 14.9. The fourth-order valence-corrected chi connectivity index (χ4v) is 9.17. The minimum Gasteiger partial charge on any atom is -0.310 e. The van der Waals surface area contributed by atoms with Crippen molar-refractivity contribution in [3.8, 4) is 33.4 Å². The SMILES string of the molecule is CC1(C)c2cc(-c3ccccc3)ccc2N(c2ccccc2)c2ccc(-c3ccc4c(c3)C(C)(C)c3cc(-c5ccccc5)ccc3N4c3ccccc3)cc21.